The molecular formula is C92H69N3S. The molecule has 0 fully saturated rings. The Balaban J connectivity index is 0.899. The highest BCUT2D eigenvalue weighted by Crippen LogP contribution is 2.71. The molecule has 2 heterocycles. The first kappa shape index (κ1) is 55.8. The molecule has 96 heavy (non-hydrogen) atoms. The van der Waals surface area contributed by atoms with E-state index in [2.05, 4.69) is 343 Å². The van der Waals surface area contributed by atoms with E-state index >= 15 is 0 Å². The molecule has 4 aliphatic carbocycles. The Hall–Kier alpha value is -10.7. The van der Waals surface area contributed by atoms with Gasteiger partial charge in [-0.2, -0.15) is 0 Å². The maximum absolute atomic E-state index is 2.69. The first-order valence-corrected chi connectivity index (χ1v) is 34.9. The minimum absolute atomic E-state index is 0.239. The molecule has 1 atom stereocenters. The lowest BCUT2D eigenvalue weighted by Crippen LogP contribution is -2.37. The third-order valence-electron chi connectivity index (χ3n) is 23.2. The minimum atomic E-state index is -0.833. The average molecular weight is 1250 g/mol. The van der Waals surface area contributed by atoms with E-state index < -0.39 is 10.8 Å². The van der Waals surface area contributed by atoms with Gasteiger partial charge in [0.2, 0.25) is 0 Å². The maximum Gasteiger partial charge on any atom is 0.0756 e. The third-order valence-corrected chi connectivity index (χ3v) is 24.3. The Morgan fingerprint density at radius 3 is 1.42 bits per heavy atom. The van der Waals surface area contributed by atoms with Gasteiger partial charge < -0.3 is 14.7 Å². The van der Waals surface area contributed by atoms with Crippen molar-refractivity contribution >= 4 is 84.5 Å². The predicted octanol–water partition coefficient (Wildman–Crippen LogP) is 25.1. The van der Waals surface area contributed by atoms with Crippen molar-refractivity contribution in [2.24, 2.45) is 0 Å². The summed E-state index contributed by atoms with van der Waals surface area (Å²) in [5.74, 6) is 0. The zero-order valence-corrected chi connectivity index (χ0v) is 56.0. The molecule has 6 aliphatic rings. The van der Waals surface area contributed by atoms with Crippen molar-refractivity contribution in [3.8, 4) is 44.5 Å². The van der Waals surface area contributed by atoms with E-state index in [-0.39, 0.29) is 10.8 Å². The lowest BCUT2D eigenvalue weighted by molar-refractivity contribution is 0.660. The molecule has 0 aromatic heterocycles. The molecule has 0 saturated carbocycles. The predicted molar refractivity (Wildman–Crippen MR) is 403 cm³/mol. The normalized spacial score (nSPS) is 16.6. The zero-order valence-electron chi connectivity index (χ0n) is 55.2. The van der Waals surface area contributed by atoms with Gasteiger partial charge in [-0.3, -0.25) is 0 Å². The average Bonchev–Trinajstić information content (AvgIpc) is 1.27. The lowest BCUT2D eigenvalue weighted by Gasteiger charge is -2.47. The molecule has 0 amide bonds. The van der Waals surface area contributed by atoms with Crippen LogP contribution in [0.25, 0.3) is 66.1 Å². The molecular weight excluding hydrogens is 1180 g/mol. The second-order valence-electron chi connectivity index (χ2n) is 29.2. The summed E-state index contributed by atoms with van der Waals surface area (Å²) in [6, 6.07) is 105. The van der Waals surface area contributed by atoms with Gasteiger partial charge in [-0.25, -0.2) is 0 Å². The van der Waals surface area contributed by atoms with Crippen molar-refractivity contribution in [3.63, 3.8) is 0 Å². The smallest absolute Gasteiger partial charge is 0.0756 e. The van der Waals surface area contributed by atoms with E-state index in [0.29, 0.717) is 0 Å². The zero-order chi connectivity index (χ0) is 64.5. The lowest BCUT2D eigenvalue weighted by atomic mass is 9.64. The Bertz CT molecular complexity index is 5800. The Kier molecular flexibility index (Phi) is 11.3. The van der Waals surface area contributed by atoms with E-state index in [1.807, 2.05) is 11.8 Å². The van der Waals surface area contributed by atoms with Crippen LogP contribution in [0.2, 0.25) is 0 Å². The summed E-state index contributed by atoms with van der Waals surface area (Å²) in [6.07, 6.45) is 0. The monoisotopic (exact) mass is 1250 g/mol. The Morgan fingerprint density at radius 2 is 0.781 bits per heavy atom. The van der Waals surface area contributed by atoms with E-state index in [1.54, 1.807) is 0 Å². The van der Waals surface area contributed by atoms with Crippen molar-refractivity contribution in [1.29, 1.82) is 0 Å². The second kappa shape index (κ2) is 19.5. The van der Waals surface area contributed by atoms with Gasteiger partial charge in [-0.05, 0) is 220 Å². The largest absolute Gasteiger partial charge is 0.310 e. The fourth-order valence-electron chi connectivity index (χ4n) is 18.8. The number of nitrogens with zero attached hydrogens (tertiary/aromatic N) is 3. The van der Waals surface area contributed by atoms with Crippen LogP contribution in [0, 0.1) is 13.8 Å². The molecule has 0 radical (unpaired) electrons. The molecule has 4 heteroatoms. The highest BCUT2D eigenvalue weighted by Gasteiger charge is 2.57. The summed E-state index contributed by atoms with van der Waals surface area (Å²) in [7, 11) is 0. The number of aryl methyl sites for hydroxylation is 2. The van der Waals surface area contributed by atoms with Crippen LogP contribution in [0.15, 0.2) is 283 Å². The van der Waals surface area contributed by atoms with Crippen LogP contribution in [0.3, 0.4) is 0 Å². The van der Waals surface area contributed by atoms with Crippen LogP contribution in [0.4, 0.5) is 51.2 Å². The molecule has 0 bridgehead atoms. The Morgan fingerprint density at radius 1 is 0.302 bits per heavy atom. The molecule has 1 unspecified atom stereocenters. The standard InChI is InChI=1S/C92H69N3S/c1-54-24-9-18-34-76(54)93(58-42-45-64-72(50-58)89(3,4)69-48-40-56-26-11-13-28-61(56)83(64)69)59-43-47-66-74(52-59)92(68-32-17-20-36-78(68)95-79-37-21-22-38-81(79)96-82-39-23-33-71(92)88(82)95)75-53-80(86-63-30-15-16-31-67(63)91(7,8)87(86)85(66)75)94(77-35-19-10-25-55(77)2)60-44-46-65-73(51-60)90(5,6)70-49-41-57-27-12-14-29-62(57)84(65)70/h9-53H,1-8H3. The van der Waals surface area contributed by atoms with Gasteiger partial charge in [0.1, 0.15) is 0 Å². The fourth-order valence-corrected chi connectivity index (χ4v) is 19.9. The van der Waals surface area contributed by atoms with Crippen LogP contribution in [0.1, 0.15) is 108 Å². The molecule has 3 nitrogen and oxygen atoms in total. The van der Waals surface area contributed by atoms with Gasteiger partial charge in [-0.15, -0.1) is 0 Å². The summed E-state index contributed by atoms with van der Waals surface area (Å²) >= 11 is 1.90. The van der Waals surface area contributed by atoms with Gasteiger partial charge in [0.25, 0.3) is 0 Å². The molecule has 0 N–H and O–H groups in total. The van der Waals surface area contributed by atoms with Crippen LogP contribution in [-0.2, 0) is 21.7 Å². The van der Waals surface area contributed by atoms with Crippen molar-refractivity contribution in [3.05, 3.63) is 340 Å². The molecule has 458 valence electrons. The summed E-state index contributed by atoms with van der Waals surface area (Å²) in [5, 5.41) is 5.16. The third kappa shape index (κ3) is 7.14. The number of fused-ring (bicyclic) bond motifs is 25. The van der Waals surface area contributed by atoms with E-state index in [9.17, 15) is 0 Å². The Labute approximate surface area is 566 Å². The van der Waals surface area contributed by atoms with Crippen molar-refractivity contribution in [1.82, 2.24) is 0 Å². The van der Waals surface area contributed by atoms with Crippen molar-refractivity contribution in [2.45, 2.75) is 86.8 Å². The van der Waals surface area contributed by atoms with E-state index in [1.165, 1.54) is 165 Å². The number of rotatable bonds is 6. The van der Waals surface area contributed by atoms with Crippen LogP contribution < -0.4 is 14.7 Å². The summed E-state index contributed by atoms with van der Waals surface area (Å²) in [5.41, 5.74) is 35.1. The van der Waals surface area contributed by atoms with Crippen LogP contribution >= 0.6 is 11.8 Å². The molecule has 2 aliphatic heterocycles. The SMILES string of the molecule is Cc1ccccc1N(c1ccc2c(c1)C(C)(C)c1ccc3ccccc3c1-2)c1ccc2c(c1)C1(c3ccccc3N3c4ccccc4Sc4cccc1c43)c1cc(N(c3ccc4c(c3)C(C)(C)c3ccc5ccccc5c3-4)c3ccccc3C)c3c(c1-2)C(C)(C)c1ccccc1-3. The quantitative estimate of drug-likeness (QED) is 0.164. The van der Waals surface area contributed by atoms with Gasteiger partial charge in [0, 0.05) is 60.0 Å². The molecule has 1 spiro atoms. The van der Waals surface area contributed by atoms with Crippen molar-refractivity contribution < 1.29 is 0 Å². The van der Waals surface area contributed by atoms with Gasteiger partial charge in [0.15, 0.2) is 0 Å². The first-order valence-electron chi connectivity index (χ1n) is 34.1. The maximum atomic E-state index is 2.69. The molecule has 0 saturated heterocycles. The molecule has 14 aromatic rings. The minimum Gasteiger partial charge on any atom is -0.310 e. The van der Waals surface area contributed by atoms with Gasteiger partial charge >= 0.3 is 0 Å². The fraction of sp³-hybridized carbons (Fsp3) is 0.130. The first-order chi connectivity index (χ1) is 46.7. The second-order valence-corrected chi connectivity index (χ2v) is 30.2. The highest BCUT2D eigenvalue weighted by molar-refractivity contribution is 7.99. The van der Waals surface area contributed by atoms with Crippen molar-refractivity contribution in [2.75, 3.05) is 14.7 Å². The van der Waals surface area contributed by atoms with E-state index in [0.717, 1.165) is 28.4 Å². The van der Waals surface area contributed by atoms with Crippen LogP contribution in [-0.4, -0.2) is 0 Å². The number of benzene rings is 14. The summed E-state index contributed by atoms with van der Waals surface area (Å²) in [4.78, 5) is 10.4. The van der Waals surface area contributed by atoms with Crippen LogP contribution in [0.5, 0.6) is 0 Å². The molecule has 14 aromatic carbocycles. The molecule has 20 rings (SSSR count). The number of anilines is 9. The van der Waals surface area contributed by atoms with Gasteiger partial charge in [-0.1, -0.05) is 247 Å². The summed E-state index contributed by atoms with van der Waals surface area (Å²) in [6.45, 7) is 19.3. The number of hydrogen-bond acceptors (Lipinski definition) is 4. The summed E-state index contributed by atoms with van der Waals surface area (Å²) < 4.78 is 0. The van der Waals surface area contributed by atoms with Gasteiger partial charge in [0.05, 0.1) is 28.2 Å². The van der Waals surface area contributed by atoms with E-state index in [4.69, 9.17) is 0 Å². The number of hydrogen-bond donors (Lipinski definition) is 0. The highest BCUT2D eigenvalue weighted by atomic mass is 32.2. The topological polar surface area (TPSA) is 9.72 Å². The number of para-hydroxylation sites is 5.